The van der Waals surface area contributed by atoms with Gasteiger partial charge in [0.15, 0.2) is 0 Å². The van der Waals surface area contributed by atoms with Crippen LogP contribution < -0.4 is 10.1 Å². The highest BCUT2D eigenvalue weighted by Gasteiger charge is 2.36. The fourth-order valence-corrected chi connectivity index (χ4v) is 3.29. The van der Waals surface area contributed by atoms with Gasteiger partial charge in [0.1, 0.15) is 11.9 Å². The van der Waals surface area contributed by atoms with E-state index in [9.17, 15) is 9.59 Å². The SMILES string of the molecule is COC(=O)CCC(=O)N1CCC2=Cc3c(C)ccc(OC)c3NC21. The molecule has 2 heterocycles. The number of ether oxygens (including phenoxy) is 2. The van der Waals surface area contributed by atoms with Crippen molar-refractivity contribution in [1.29, 1.82) is 0 Å². The molecule has 1 aromatic carbocycles. The van der Waals surface area contributed by atoms with Crippen molar-refractivity contribution in [2.75, 3.05) is 26.1 Å². The van der Waals surface area contributed by atoms with E-state index in [-0.39, 0.29) is 30.9 Å². The van der Waals surface area contributed by atoms with Crippen LogP contribution in [0.25, 0.3) is 6.08 Å². The maximum Gasteiger partial charge on any atom is 0.306 e. The normalized spacial score (nSPS) is 18.2. The Kier molecular flexibility index (Phi) is 4.46. The third kappa shape index (κ3) is 2.84. The average molecular weight is 330 g/mol. The van der Waals surface area contributed by atoms with Gasteiger partial charge in [-0.1, -0.05) is 6.07 Å². The summed E-state index contributed by atoms with van der Waals surface area (Å²) in [7, 11) is 2.97. The van der Waals surface area contributed by atoms with Crippen LogP contribution in [0.2, 0.25) is 0 Å². The van der Waals surface area contributed by atoms with Crippen molar-refractivity contribution in [3.05, 3.63) is 28.8 Å². The van der Waals surface area contributed by atoms with Crippen LogP contribution in [0.15, 0.2) is 17.7 Å². The lowest BCUT2D eigenvalue weighted by atomic mass is 9.97. The van der Waals surface area contributed by atoms with E-state index < -0.39 is 0 Å². The molecule has 0 spiro atoms. The summed E-state index contributed by atoms with van der Waals surface area (Å²) in [5.74, 6) is 0.355. The quantitative estimate of drug-likeness (QED) is 0.858. The van der Waals surface area contributed by atoms with Gasteiger partial charge in [0, 0.05) is 18.5 Å². The number of benzene rings is 1. The monoisotopic (exact) mass is 330 g/mol. The number of esters is 1. The van der Waals surface area contributed by atoms with Crippen molar-refractivity contribution in [1.82, 2.24) is 4.90 Å². The number of rotatable bonds is 4. The third-order valence-electron chi connectivity index (χ3n) is 4.65. The zero-order chi connectivity index (χ0) is 17.3. The molecule has 2 aliphatic rings. The summed E-state index contributed by atoms with van der Waals surface area (Å²) in [6.07, 6.45) is 3.09. The van der Waals surface area contributed by atoms with E-state index in [0.29, 0.717) is 6.54 Å². The predicted molar refractivity (Wildman–Crippen MR) is 90.7 cm³/mol. The smallest absolute Gasteiger partial charge is 0.306 e. The van der Waals surface area contributed by atoms with Gasteiger partial charge < -0.3 is 19.7 Å². The van der Waals surface area contributed by atoms with Crippen LogP contribution in [-0.4, -0.2) is 43.7 Å². The van der Waals surface area contributed by atoms with Crippen LogP contribution in [0.1, 0.15) is 30.4 Å². The van der Waals surface area contributed by atoms with Gasteiger partial charge in [-0.15, -0.1) is 0 Å². The summed E-state index contributed by atoms with van der Waals surface area (Å²) >= 11 is 0. The highest BCUT2D eigenvalue weighted by atomic mass is 16.5. The van der Waals surface area contributed by atoms with Crippen molar-refractivity contribution in [2.45, 2.75) is 32.4 Å². The van der Waals surface area contributed by atoms with Gasteiger partial charge in [-0.05, 0) is 36.6 Å². The highest BCUT2D eigenvalue weighted by Crippen LogP contribution is 2.40. The second-order valence-electron chi connectivity index (χ2n) is 6.05. The molecule has 3 rings (SSSR count). The largest absolute Gasteiger partial charge is 0.495 e. The van der Waals surface area contributed by atoms with Crippen molar-refractivity contribution >= 4 is 23.6 Å². The number of aryl methyl sites for hydroxylation is 1. The number of fused-ring (bicyclic) bond motifs is 2. The lowest BCUT2D eigenvalue weighted by molar-refractivity contribution is -0.143. The number of methoxy groups -OCH3 is 2. The Morgan fingerprint density at radius 2 is 2.08 bits per heavy atom. The van der Waals surface area contributed by atoms with E-state index in [0.717, 1.165) is 23.4 Å². The molecule has 1 saturated heterocycles. The Balaban J connectivity index is 1.82. The predicted octanol–water partition coefficient (Wildman–Crippen LogP) is 2.32. The molecule has 2 aliphatic heterocycles. The Morgan fingerprint density at radius 1 is 1.29 bits per heavy atom. The first kappa shape index (κ1) is 16.4. The van der Waals surface area contributed by atoms with Crippen LogP contribution in [0.5, 0.6) is 5.75 Å². The standard InChI is InChI=1S/C18H22N2O4/c1-11-4-5-14(23-2)17-13(11)10-12-8-9-20(18(12)19-17)15(21)6-7-16(22)24-3/h4-5,10,18-19H,6-9H2,1-3H3. The lowest BCUT2D eigenvalue weighted by Crippen LogP contribution is -2.42. The molecule has 24 heavy (non-hydrogen) atoms. The molecule has 0 radical (unpaired) electrons. The van der Waals surface area contributed by atoms with Gasteiger partial charge in [-0.25, -0.2) is 0 Å². The minimum atomic E-state index is -0.363. The second kappa shape index (κ2) is 6.55. The molecule has 1 N–H and O–H groups in total. The number of carbonyl (C=O) groups excluding carboxylic acids is 2. The molecule has 0 bridgehead atoms. The Morgan fingerprint density at radius 3 is 2.79 bits per heavy atom. The fourth-order valence-electron chi connectivity index (χ4n) is 3.29. The minimum Gasteiger partial charge on any atom is -0.495 e. The third-order valence-corrected chi connectivity index (χ3v) is 4.65. The zero-order valence-electron chi connectivity index (χ0n) is 14.2. The minimum absolute atomic E-state index is 0.0450. The van der Waals surface area contributed by atoms with Crippen LogP contribution in [-0.2, 0) is 14.3 Å². The van der Waals surface area contributed by atoms with E-state index in [2.05, 4.69) is 23.1 Å². The van der Waals surface area contributed by atoms with Crippen molar-refractivity contribution in [2.24, 2.45) is 0 Å². The second-order valence-corrected chi connectivity index (χ2v) is 6.05. The number of anilines is 1. The number of likely N-dealkylation sites (tertiary alicyclic amines) is 1. The first-order valence-corrected chi connectivity index (χ1v) is 8.06. The van der Waals surface area contributed by atoms with Gasteiger partial charge in [-0.3, -0.25) is 9.59 Å². The van der Waals surface area contributed by atoms with Crippen LogP contribution >= 0.6 is 0 Å². The maximum atomic E-state index is 12.5. The van der Waals surface area contributed by atoms with Crippen molar-refractivity contribution in [3.63, 3.8) is 0 Å². The summed E-state index contributed by atoms with van der Waals surface area (Å²) in [5.41, 5.74) is 4.38. The molecular formula is C18H22N2O4. The van der Waals surface area contributed by atoms with E-state index in [4.69, 9.17) is 4.74 Å². The number of nitrogens with zero attached hydrogens (tertiary/aromatic N) is 1. The van der Waals surface area contributed by atoms with E-state index >= 15 is 0 Å². The Labute approximate surface area is 141 Å². The van der Waals surface area contributed by atoms with Gasteiger partial charge in [0.05, 0.1) is 26.3 Å². The molecule has 1 amide bonds. The number of amides is 1. The molecule has 0 saturated carbocycles. The van der Waals surface area contributed by atoms with Crippen LogP contribution in [0.4, 0.5) is 5.69 Å². The summed E-state index contributed by atoms with van der Waals surface area (Å²) in [4.78, 5) is 25.5. The molecule has 6 heteroatoms. The van der Waals surface area contributed by atoms with Gasteiger partial charge in [0.2, 0.25) is 5.91 Å². The van der Waals surface area contributed by atoms with E-state index in [1.807, 2.05) is 12.1 Å². The van der Waals surface area contributed by atoms with Gasteiger partial charge in [-0.2, -0.15) is 0 Å². The first-order chi connectivity index (χ1) is 11.5. The molecule has 0 aliphatic carbocycles. The molecule has 1 fully saturated rings. The molecule has 0 aromatic heterocycles. The molecular weight excluding hydrogens is 308 g/mol. The fraction of sp³-hybridized carbons (Fsp3) is 0.444. The number of carbonyl (C=O) groups is 2. The average Bonchev–Trinajstić information content (AvgIpc) is 3.01. The summed E-state index contributed by atoms with van der Waals surface area (Å²) in [6.45, 7) is 2.71. The van der Waals surface area contributed by atoms with Crippen LogP contribution in [0, 0.1) is 6.92 Å². The van der Waals surface area contributed by atoms with Gasteiger partial charge >= 0.3 is 5.97 Å². The molecule has 128 valence electrons. The number of hydrogen-bond acceptors (Lipinski definition) is 5. The number of nitrogens with one attached hydrogen (secondary N) is 1. The highest BCUT2D eigenvalue weighted by molar-refractivity contribution is 5.86. The molecule has 6 nitrogen and oxygen atoms in total. The molecule has 1 aromatic rings. The van der Waals surface area contributed by atoms with Gasteiger partial charge in [0.25, 0.3) is 0 Å². The molecule has 1 atom stereocenters. The lowest BCUT2D eigenvalue weighted by Gasteiger charge is -2.31. The van der Waals surface area contributed by atoms with Crippen molar-refractivity contribution in [3.8, 4) is 5.75 Å². The summed E-state index contributed by atoms with van der Waals surface area (Å²) < 4.78 is 10.1. The van der Waals surface area contributed by atoms with Crippen molar-refractivity contribution < 1.29 is 19.1 Å². The zero-order valence-corrected chi connectivity index (χ0v) is 14.2. The van der Waals surface area contributed by atoms with E-state index in [1.165, 1.54) is 18.2 Å². The molecule has 1 unspecified atom stereocenters. The number of hydrogen-bond donors (Lipinski definition) is 1. The Hall–Kier alpha value is -2.50. The topological polar surface area (TPSA) is 67.9 Å². The van der Waals surface area contributed by atoms with Crippen LogP contribution in [0.3, 0.4) is 0 Å². The summed E-state index contributed by atoms with van der Waals surface area (Å²) in [6, 6.07) is 3.96. The first-order valence-electron chi connectivity index (χ1n) is 8.06. The Bertz CT molecular complexity index is 711. The maximum absolute atomic E-state index is 12.5. The summed E-state index contributed by atoms with van der Waals surface area (Å²) in [5, 5.41) is 3.45. The van der Waals surface area contributed by atoms with E-state index in [1.54, 1.807) is 12.0 Å².